The molecular formula is C22H18Br2. The summed E-state index contributed by atoms with van der Waals surface area (Å²) < 4.78 is 1.12. The van der Waals surface area contributed by atoms with Gasteiger partial charge >= 0.3 is 0 Å². The van der Waals surface area contributed by atoms with Gasteiger partial charge in [-0.2, -0.15) is 0 Å². The van der Waals surface area contributed by atoms with Gasteiger partial charge in [0.25, 0.3) is 0 Å². The molecule has 0 radical (unpaired) electrons. The molecule has 2 atom stereocenters. The quantitative estimate of drug-likeness (QED) is 0.366. The van der Waals surface area contributed by atoms with Crippen LogP contribution in [0.25, 0.3) is 11.1 Å². The second-order valence-corrected chi connectivity index (χ2v) is 8.45. The first-order chi connectivity index (χ1) is 11.7. The molecule has 1 aliphatic carbocycles. The van der Waals surface area contributed by atoms with Crippen LogP contribution in [0.2, 0.25) is 0 Å². The Morgan fingerprint density at radius 3 is 2.08 bits per heavy atom. The molecule has 0 fully saturated rings. The van der Waals surface area contributed by atoms with Crippen molar-refractivity contribution in [3.05, 3.63) is 94.0 Å². The Kier molecular flexibility index (Phi) is 4.60. The standard InChI is InChI=1S/C22H18Br2/c23-20-11-9-16(10-12-20)15-5-7-17(8-6-15)19-13-18-3-1-2-4-21(18)22(24)14-19/h1-12,19,22H,13-14H2. The number of hydrogen-bond donors (Lipinski definition) is 0. The van der Waals surface area contributed by atoms with Crippen LogP contribution >= 0.6 is 31.9 Å². The second-order valence-electron chi connectivity index (χ2n) is 6.43. The zero-order valence-corrected chi connectivity index (χ0v) is 16.4. The Bertz CT molecular complexity index is 835. The molecule has 4 rings (SSSR count). The molecule has 0 nitrogen and oxygen atoms in total. The highest BCUT2D eigenvalue weighted by Gasteiger charge is 2.25. The van der Waals surface area contributed by atoms with Crippen molar-refractivity contribution in [2.45, 2.75) is 23.6 Å². The van der Waals surface area contributed by atoms with E-state index in [2.05, 4.69) is 105 Å². The highest BCUT2D eigenvalue weighted by Crippen LogP contribution is 2.43. The Balaban J connectivity index is 1.59. The van der Waals surface area contributed by atoms with Crippen molar-refractivity contribution in [2.24, 2.45) is 0 Å². The molecule has 0 amide bonds. The topological polar surface area (TPSA) is 0 Å². The first kappa shape index (κ1) is 16.1. The number of alkyl halides is 1. The van der Waals surface area contributed by atoms with Crippen molar-refractivity contribution >= 4 is 31.9 Å². The van der Waals surface area contributed by atoms with E-state index in [1.54, 1.807) is 0 Å². The van der Waals surface area contributed by atoms with Crippen molar-refractivity contribution in [1.82, 2.24) is 0 Å². The smallest absolute Gasteiger partial charge is 0.0404 e. The van der Waals surface area contributed by atoms with Crippen LogP contribution in [0.1, 0.15) is 33.9 Å². The van der Waals surface area contributed by atoms with Crippen molar-refractivity contribution in [1.29, 1.82) is 0 Å². The van der Waals surface area contributed by atoms with Gasteiger partial charge in [0.2, 0.25) is 0 Å². The molecule has 0 aromatic heterocycles. The Hall–Kier alpha value is -1.38. The molecule has 1 aliphatic rings. The zero-order valence-electron chi connectivity index (χ0n) is 13.3. The lowest BCUT2D eigenvalue weighted by Crippen LogP contribution is -2.14. The van der Waals surface area contributed by atoms with E-state index in [9.17, 15) is 0 Å². The lowest BCUT2D eigenvalue weighted by atomic mass is 9.80. The third-order valence-corrected chi connectivity index (χ3v) is 6.31. The predicted octanol–water partition coefficient (Wildman–Crippen LogP) is 7.28. The molecule has 0 saturated carbocycles. The minimum Gasteiger partial charge on any atom is -0.0838 e. The van der Waals surface area contributed by atoms with Crippen LogP contribution in [0.15, 0.2) is 77.3 Å². The third kappa shape index (κ3) is 3.22. The van der Waals surface area contributed by atoms with Crippen molar-refractivity contribution in [3.63, 3.8) is 0 Å². The lowest BCUT2D eigenvalue weighted by molar-refractivity contribution is 0.582. The maximum atomic E-state index is 3.88. The van der Waals surface area contributed by atoms with Crippen LogP contribution < -0.4 is 0 Å². The number of halogens is 2. The molecule has 0 bridgehead atoms. The molecule has 3 aromatic carbocycles. The summed E-state index contributed by atoms with van der Waals surface area (Å²) in [6.07, 6.45) is 2.30. The second kappa shape index (κ2) is 6.85. The van der Waals surface area contributed by atoms with Crippen LogP contribution in [0.4, 0.5) is 0 Å². The third-order valence-electron chi connectivity index (χ3n) is 4.91. The van der Waals surface area contributed by atoms with E-state index in [0.717, 1.165) is 17.3 Å². The summed E-state index contributed by atoms with van der Waals surface area (Å²) in [5.74, 6) is 0.586. The fourth-order valence-corrected chi connectivity index (χ4v) is 4.76. The maximum Gasteiger partial charge on any atom is 0.0404 e. The molecule has 0 aliphatic heterocycles. The number of fused-ring (bicyclic) bond motifs is 1. The summed E-state index contributed by atoms with van der Waals surface area (Å²) in [6.45, 7) is 0. The number of benzene rings is 3. The first-order valence-electron chi connectivity index (χ1n) is 8.28. The normalized spacial score (nSPS) is 19.8. The molecule has 0 spiro atoms. The summed E-state index contributed by atoms with van der Waals surface area (Å²) in [4.78, 5) is 0.457. The van der Waals surface area contributed by atoms with Crippen molar-refractivity contribution < 1.29 is 0 Å². The highest BCUT2D eigenvalue weighted by molar-refractivity contribution is 9.10. The summed E-state index contributed by atoms with van der Waals surface area (Å²) in [6, 6.07) is 26.4. The van der Waals surface area contributed by atoms with Gasteiger partial charge in [0.1, 0.15) is 0 Å². The van der Waals surface area contributed by atoms with Gasteiger partial charge in [0, 0.05) is 9.30 Å². The number of rotatable bonds is 2. The average molecular weight is 442 g/mol. The Labute approximate surface area is 160 Å². The molecule has 24 heavy (non-hydrogen) atoms. The molecular weight excluding hydrogens is 424 g/mol. The van der Waals surface area contributed by atoms with E-state index in [-0.39, 0.29) is 0 Å². The van der Waals surface area contributed by atoms with Gasteiger partial charge in [-0.1, -0.05) is 92.5 Å². The molecule has 3 aromatic rings. The summed E-state index contributed by atoms with van der Waals surface area (Å²) >= 11 is 7.37. The van der Waals surface area contributed by atoms with Crippen LogP contribution in [-0.2, 0) is 6.42 Å². The van der Waals surface area contributed by atoms with E-state index in [4.69, 9.17) is 0 Å². The summed E-state index contributed by atoms with van der Waals surface area (Å²) in [7, 11) is 0. The van der Waals surface area contributed by atoms with Gasteiger partial charge in [-0.05, 0) is 58.7 Å². The zero-order chi connectivity index (χ0) is 16.5. The van der Waals surface area contributed by atoms with Gasteiger partial charge < -0.3 is 0 Å². The molecule has 0 N–H and O–H groups in total. The lowest BCUT2D eigenvalue weighted by Gasteiger charge is -2.29. The van der Waals surface area contributed by atoms with Crippen molar-refractivity contribution in [3.8, 4) is 11.1 Å². The van der Waals surface area contributed by atoms with E-state index < -0.39 is 0 Å². The van der Waals surface area contributed by atoms with Gasteiger partial charge in [-0.15, -0.1) is 0 Å². The fraction of sp³-hybridized carbons (Fsp3) is 0.182. The van der Waals surface area contributed by atoms with Gasteiger partial charge in [-0.3, -0.25) is 0 Å². The van der Waals surface area contributed by atoms with E-state index >= 15 is 0 Å². The Morgan fingerprint density at radius 2 is 1.38 bits per heavy atom. The molecule has 0 saturated heterocycles. The average Bonchev–Trinajstić information content (AvgIpc) is 2.62. The highest BCUT2D eigenvalue weighted by atomic mass is 79.9. The molecule has 2 unspecified atom stereocenters. The van der Waals surface area contributed by atoms with Crippen LogP contribution in [0.3, 0.4) is 0 Å². The summed E-state index contributed by atoms with van der Waals surface area (Å²) in [5, 5.41) is 0. The van der Waals surface area contributed by atoms with Crippen LogP contribution in [0.5, 0.6) is 0 Å². The van der Waals surface area contributed by atoms with E-state index in [0.29, 0.717) is 10.7 Å². The summed E-state index contributed by atoms with van der Waals surface area (Å²) in [5.41, 5.74) is 6.91. The minimum atomic E-state index is 0.457. The van der Waals surface area contributed by atoms with Gasteiger partial charge in [0.15, 0.2) is 0 Å². The monoisotopic (exact) mass is 440 g/mol. The first-order valence-corrected chi connectivity index (χ1v) is 9.99. The van der Waals surface area contributed by atoms with E-state index in [1.165, 1.54) is 27.8 Å². The Morgan fingerprint density at radius 1 is 0.750 bits per heavy atom. The predicted molar refractivity (Wildman–Crippen MR) is 109 cm³/mol. The SMILES string of the molecule is Brc1ccc(-c2ccc(C3Cc4ccccc4C(Br)C3)cc2)cc1. The minimum absolute atomic E-state index is 0.457. The van der Waals surface area contributed by atoms with E-state index in [1.807, 2.05) is 0 Å². The molecule has 0 heterocycles. The number of hydrogen-bond acceptors (Lipinski definition) is 0. The molecule has 120 valence electrons. The van der Waals surface area contributed by atoms with Gasteiger partial charge in [0.05, 0.1) is 0 Å². The van der Waals surface area contributed by atoms with Crippen LogP contribution in [-0.4, -0.2) is 0 Å². The molecule has 2 heteroatoms. The van der Waals surface area contributed by atoms with Crippen LogP contribution in [0, 0.1) is 0 Å². The fourth-order valence-electron chi connectivity index (χ4n) is 3.60. The largest absolute Gasteiger partial charge is 0.0838 e. The van der Waals surface area contributed by atoms with Crippen molar-refractivity contribution in [2.75, 3.05) is 0 Å². The maximum absolute atomic E-state index is 3.88. The van der Waals surface area contributed by atoms with Gasteiger partial charge in [-0.25, -0.2) is 0 Å².